The van der Waals surface area contributed by atoms with E-state index in [1.54, 1.807) is 0 Å². The van der Waals surface area contributed by atoms with Crippen molar-refractivity contribution in [3.8, 4) is 33.9 Å². The molecule has 0 amide bonds. The van der Waals surface area contributed by atoms with Crippen molar-refractivity contribution in [2.24, 2.45) is 0 Å². The summed E-state index contributed by atoms with van der Waals surface area (Å²) < 4.78 is 4.93. The van der Waals surface area contributed by atoms with Crippen molar-refractivity contribution < 1.29 is 51.0 Å². The molecule has 0 radical (unpaired) electrons. The Labute approximate surface area is 318 Å². The van der Waals surface area contributed by atoms with Crippen LogP contribution in [0.5, 0.6) is 0 Å². The predicted octanol–water partition coefficient (Wildman–Crippen LogP) is 4.89. The van der Waals surface area contributed by atoms with E-state index in [9.17, 15) is 0 Å². The molecule has 2 unspecified atom stereocenters. The van der Waals surface area contributed by atoms with Crippen LogP contribution in [0.25, 0.3) is 55.7 Å². The summed E-state index contributed by atoms with van der Waals surface area (Å²) in [5, 5.41) is 2.48. The quantitative estimate of drug-likeness (QED) is 0.222. The molecule has 8 aromatic rings. The van der Waals surface area contributed by atoms with Crippen LogP contribution in [0.4, 0.5) is 0 Å². The molecular weight excluding hydrogens is 719 g/mol. The molecule has 234 valence electrons. The van der Waals surface area contributed by atoms with Crippen LogP contribution in [0.15, 0.2) is 146 Å². The smallest absolute Gasteiger partial charge is 1.00 e. The summed E-state index contributed by atoms with van der Waals surface area (Å²) in [5.74, 6) is 0.583. The van der Waals surface area contributed by atoms with Gasteiger partial charge in [0, 0.05) is 22.8 Å². The summed E-state index contributed by atoms with van der Waals surface area (Å²) in [7, 11) is 0. The summed E-state index contributed by atoms with van der Waals surface area (Å²) in [4.78, 5) is 0. The maximum absolute atomic E-state index is 3.68. The number of rotatable bonds is 5. The van der Waals surface area contributed by atoms with Gasteiger partial charge in [-0.25, -0.2) is 0 Å². The van der Waals surface area contributed by atoms with E-state index in [4.69, 9.17) is 0 Å². The summed E-state index contributed by atoms with van der Waals surface area (Å²) in [6.07, 6.45) is 2.09. The maximum Gasteiger partial charge on any atom is 4.00 e. The Bertz CT molecular complexity index is 2270. The molecule has 0 spiro atoms. The molecule has 49 heavy (non-hydrogen) atoms. The van der Waals surface area contributed by atoms with E-state index >= 15 is 0 Å². The molecule has 2 heterocycles. The first kappa shape index (κ1) is 33.4. The molecular formula is C44H30Cl2N2Zr. The molecule has 0 fully saturated rings. The molecule has 0 bridgehead atoms. The van der Waals surface area contributed by atoms with E-state index in [0.29, 0.717) is 11.8 Å². The van der Waals surface area contributed by atoms with E-state index in [1.165, 1.54) is 77.9 Å². The fourth-order valence-electron chi connectivity index (χ4n) is 8.56. The molecule has 2 aromatic heterocycles. The van der Waals surface area contributed by atoms with Crippen molar-refractivity contribution in [1.82, 2.24) is 9.13 Å². The zero-order valence-electron chi connectivity index (χ0n) is 26.6. The molecule has 0 saturated carbocycles. The van der Waals surface area contributed by atoms with Crippen molar-refractivity contribution in [3.05, 3.63) is 180 Å². The van der Waals surface area contributed by atoms with Crippen molar-refractivity contribution in [2.45, 2.75) is 24.7 Å². The molecule has 2 aliphatic carbocycles. The van der Waals surface area contributed by atoms with Crippen LogP contribution in [0, 0.1) is 12.1 Å². The van der Waals surface area contributed by atoms with Gasteiger partial charge in [0.25, 0.3) is 0 Å². The fraction of sp³-hybridized carbons (Fsp3) is 0.0909. The monoisotopic (exact) mass is 746 g/mol. The van der Waals surface area contributed by atoms with Gasteiger partial charge in [-0.2, -0.15) is 0 Å². The number of halogens is 2. The average molecular weight is 749 g/mol. The molecule has 0 N–H and O–H groups in total. The van der Waals surface area contributed by atoms with Crippen molar-refractivity contribution in [2.75, 3.05) is 0 Å². The van der Waals surface area contributed by atoms with E-state index in [1.807, 2.05) is 0 Å². The van der Waals surface area contributed by atoms with Crippen LogP contribution < -0.4 is 24.8 Å². The third-order valence-corrected chi connectivity index (χ3v) is 10.3. The average Bonchev–Trinajstić information content (AvgIpc) is 3.83. The zero-order valence-corrected chi connectivity index (χ0v) is 30.5. The van der Waals surface area contributed by atoms with Gasteiger partial charge >= 0.3 is 26.2 Å². The Hall–Kier alpha value is -4.14. The summed E-state index contributed by atoms with van der Waals surface area (Å²) in [6, 6.07) is 60.0. The van der Waals surface area contributed by atoms with Gasteiger partial charge in [-0.3, -0.25) is 0 Å². The van der Waals surface area contributed by atoms with Gasteiger partial charge in [0.1, 0.15) is 0 Å². The summed E-state index contributed by atoms with van der Waals surface area (Å²) in [6.45, 7) is 0. The topological polar surface area (TPSA) is 9.86 Å². The second-order valence-corrected chi connectivity index (χ2v) is 12.6. The fourth-order valence-corrected chi connectivity index (χ4v) is 8.56. The minimum absolute atomic E-state index is 0. The first-order valence-electron chi connectivity index (χ1n) is 16.3. The van der Waals surface area contributed by atoms with Gasteiger partial charge in [-0.15, -0.1) is 59.3 Å². The Balaban J connectivity index is 0.00000126. The van der Waals surface area contributed by atoms with Gasteiger partial charge in [0.2, 0.25) is 0 Å². The van der Waals surface area contributed by atoms with E-state index in [-0.39, 0.29) is 51.0 Å². The number of benzene rings is 6. The molecule has 5 heteroatoms. The van der Waals surface area contributed by atoms with Crippen LogP contribution in [0.3, 0.4) is 0 Å². The van der Waals surface area contributed by atoms with Gasteiger partial charge < -0.3 is 33.9 Å². The molecule has 6 aromatic carbocycles. The Morgan fingerprint density at radius 1 is 0.449 bits per heavy atom. The number of fused-ring (bicyclic) bond motifs is 10. The van der Waals surface area contributed by atoms with Gasteiger partial charge in [0.05, 0.1) is 0 Å². The predicted molar refractivity (Wildman–Crippen MR) is 188 cm³/mol. The third-order valence-electron chi connectivity index (χ3n) is 10.3. The van der Waals surface area contributed by atoms with E-state index in [0.717, 1.165) is 12.8 Å². The van der Waals surface area contributed by atoms with Crippen LogP contribution in [0.2, 0.25) is 0 Å². The second-order valence-electron chi connectivity index (χ2n) is 12.6. The van der Waals surface area contributed by atoms with Gasteiger partial charge in [-0.05, 0) is 69.4 Å². The number of para-hydroxylation sites is 2. The van der Waals surface area contributed by atoms with Crippen LogP contribution in [-0.2, 0) is 26.2 Å². The van der Waals surface area contributed by atoms with Crippen LogP contribution >= 0.6 is 0 Å². The zero-order chi connectivity index (χ0) is 30.2. The second kappa shape index (κ2) is 13.3. The molecule has 2 atom stereocenters. The van der Waals surface area contributed by atoms with E-state index in [2.05, 4.69) is 167 Å². The Morgan fingerprint density at radius 2 is 0.837 bits per heavy atom. The largest absolute Gasteiger partial charge is 4.00 e. The minimum Gasteiger partial charge on any atom is -1.00 e. The van der Waals surface area contributed by atoms with E-state index < -0.39 is 0 Å². The van der Waals surface area contributed by atoms with Crippen molar-refractivity contribution in [3.63, 3.8) is 0 Å². The van der Waals surface area contributed by atoms with Crippen molar-refractivity contribution >= 4 is 21.8 Å². The molecule has 0 aliphatic heterocycles. The van der Waals surface area contributed by atoms with Gasteiger partial charge in [-0.1, -0.05) is 109 Å². The minimum atomic E-state index is 0. The van der Waals surface area contributed by atoms with Crippen LogP contribution in [-0.4, -0.2) is 9.13 Å². The molecule has 2 nitrogen and oxygen atoms in total. The van der Waals surface area contributed by atoms with Crippen molar-refractivity contribution in [1.29, 1.82) is 0 Å². The Morgan fingerprint density at radius 3 is 1.27 bits per heavy atom. The third kappa shape index (κ3) is 4.93. The number of aromatic nitrogens is 2. The first-order chi connectivity index (χ1) is 22.9. The molecule has 10 rings (SSSR count). The number of hydrogen-bond acceptors (Lipinski definition) is 0. The number of nitrogens with zero attached hydrogens (tertiary/aromatic N) is 2. The first-order valence-corrected chi connectivity index (χ1v) is 16.3. The summed E-state index contributed by atoms with van der Waals surface area (Å²) >= 11 is 0. The van der Waals surface area contributed by atoms with Gasteiger partial charge in [0.15, 0.2) is 0 Å². The Kier molecular flexibility index (Phi) is 9.05. The molecule has 2 aliphatic rings. The maximum atomic E-state index is 3.68. The standard InChI is InChI=1S/C44H30N2.2ClH.Zr/c1-3-15-29(16-4-1)45-39-25-13-11-23-37(39)41-33(31-19-7-9-21-35(31)43(41)45)27-28-34-32-20-8-10-22-36(32)44-42(34)38-24-12-14-26-40(38)46(44)30-17-5-2-6-18-30;;;/h1-22,25-26,33-34H,27-28H2;2*1H;/q-2;;;+4/p-2. The summed E-state index contributed by atoms with van der Waals surface area (Å²) in [5.41, 5.74) is 15.9. The number of hydrogen-bond donors (Lipinski definition) is 0. The molecule has 0 saturated heterocycles. The SMILES string of the molecule is [Cl-].[Cl-].[Zr+4].[c-]1cccc2c1c1c(n2-c2ccccc2)-c2ccccc2C1CCC1c2ccccc2-c2c1c1[c-]cccc1n2-c1ccccc1. The normalized spacial score (nSPS) is 15.0. The van der Waals surface area contributed by atoms with Crippen LogP contribution in [0.1, 0.15) is 46.9 Å².